The van der Waals surface area contributed by atoms with Gasteiger partial charge in [-0.2, -0.15) is 0 Å². The maximum atomic E-state index is 13.5. The SMILES string of the molecule is O=C1CCC(N2Cc3ccc(CNCC(C(F)F)N4CCNCC4)cc3C2=O)C(=O)N1. The Labute approximate surface area is 179 Å². The molecular formula is C21H27F2N5O3. The molecule has 4 rings (SSSR count). The molecule has 8 nitrogen and oxygen atoms in total. The molecular weight excluding hydrogens is 408 g/mol. The molecule has 168 valence electrons. The van der Waals surface area contributed by atoms with Crippen molar-refractivity contribution < 1.29 is 23.2 Å². The minimum Gasteiger partial charge on any atom is -0.322 e. The summed E-state index contributed by atoms with van der Waals surface area (Å²) in [4.78, 5) is 39.7. The van der Waals surface area contributed by atoms with Crippen molar-refractivity contribution in [3.8, 4) is 0 Å². The number of carbonyl (C=O) groups excluding carboxylic acids is 3. The van der Waals surface area contributed by atoms with Crippen molar-refractivity contribution in [1.82, 2.24) is 25.8 Å². The minimum absolute atomic E-state index is 0.158. The summed E-state index contributed by atoms with van der Waals surface area (Å²) in [5.74, 6) is -0.996. The topological polar surface area (TPSA) is 93.8 Å². The monoisotopic (exact) mass is 435 g/mol. The first-order valence-corrected chi connectivity index (χ1v) is 10.6. The zero-order valence-electron chi connectivity index (χ0n) is 17.2. The van der Waals surface area contributed by atoms with E-state index in [1.54, 1.807) is 11.0 Å². The predicted octanol–water partition coefficient (Wildman–Crippen LogP) is 0.0761. The van der Waals surface area contributed by atoms with E-state index in [9.17, 15) is 23.2 Å². The minimum atomic E-state index is -2.44. The number of hydrogen-bond acceptors (Lipinski definition) is 6. The summed E-state index contributed by atoms with van der Waals surface area (Å²) in [6, 6.07) is 3.98. The van der Waals surface area contributed by atoms with E-state index in [0.717, 1.165) is 11.1 Å². The molecule has 3 N–H and O–H groups in total. The molecule has 2 fully saturated rings. The van der Waals surface area contributed by atoms with Crippen LogP contribution in [0.3, 0.4) is 0 Å². The van der Waals surface area contributed by atoms with Crippen molar-refractivity contribution in [3.05, 3.63) is 34.9 Å². The maximum Gasteiger partial charge on any atom is 0.255 e. The van der Waals surface area contributed by atoms with Gasteiger partial charge in [0.15, 0.2) is 0 Å². The molecule has 31 heavy (non-hydrogen) atoms. The normalized spacial score (nSPS) is 23.3. The van der Waals surface area contributed by atoms with Crippen LogP contribution in [0.15, 0.2) is 18.2 Å². The van der Waals surface area contributed by atoms with E-state index in [1.165, 1.54) is 4.90 Å². The number of amides is 3. The van der Waals surface area contributed by atoms with Crippen molar-refractivity contribution in [2.24, 2.45) is 0 Å². The van der Waals surface area contributed by atoms with E-state index in [4.69, 9.17) is 0 Å². The summed E-state index contributed by atoms with van der Waals surface area (Å²) in [6.07, 6.45) is -1.90. The molecule has 2 unspecified atom stereocenters. The fraction of sp³-hybridized carbons (Fsp3) is 0.571. The van der Waals surface area contributed by atoms with Gasteiger partial charge in [-0.15, -0.1) is 0 Å². The molecule has 0 radical (unpaired) electrons. The molecule has 3 aliphatic rings. The third-order valence-corrected chi connectivity index (χ3v) is 6.19. The van der Waals surface area contributed by atoms with Crippen LogP contribution in [-0.2, 0) is 22.7 Å². The zero-order valence-corrected chi connectivity index (χ0v) is 17.2. The number of benzene rings is 1. The van der Waals surface area contributed by atoms with Crippen LogP contribution in [0.1, 0.15) is 34.3 Å². The van der Waals surface area contributed by atoms with Gasteiger partial charge in [-0.25, -0.2) is 8.78 Å². The van der Waals surface area contributed by atoms with E-state index >= 15 is 0 Å². The number of piperidine rings is 1. The number of fused-ring (bicyclic) bond motifs is 1. The van der Waals surface area contributed by atoms with Gasteiger partial charge >= 0.3 is 0 Å². The van der Waals surface area contributed by atoms with Crippen molar-refractivity contribution in [1.29, 1.82) is 0 Å². The summed E-state index contributed by atoms with van der Waals surface area (Å²) >= 11 is 0. The molecule has 0 aliphatic carbocycles. The number of rotatable bonds is 7. The first kappa shape index (κ1) is 21.8. The van der Waals surface area contributed by atoms with Gasteiger partial charge in [-0.1, -0.05) is 12.1 Å². The van der Waals surface area contributed by atoms with Gasteiger partial charge in [-0.05, 0) is 23.6 Å². The molecule has 0 saturated carbocycles. The average molecular weight is 435 g/mol. The Balaban J connectivity index is 1.36. The largest absolute Gasteiger partial charge is 0.322 e. The van der Waals surface area contributed by atoms with Crippen LogP contribution < -0.4 is 16.0 Å². The van der Waals surface area contributed by atoms with Crippen molar-refractivity contribution in [2.75, 3.05) is 32.7 Å². The quantitative estimate of drug-likeness (QED) is 0.525. The Morgan fingerprint density at radius 1 is 1.16 bits per heavy atom. The van der Waals surface area contributed by atoms with E-state index < -0.39 is 24.4 Å². The summed E-state index contributed by atoms with van der Waals surface area (Å²) in [6.45, 7) is 3.46. The molecule has 0 spiro atoms. The molecule has 1 aromatic carbocycles. The molecule has 3 heterocycles. The third kappa shape index (κ3) is 4.76. The Bertz CT molecular complexity index is 859. The van der Waals surface area contributed by atoms with Gasteiger partial charge in [0, 0.05) is 57.8 Å². The van der Waals surface area contributed by atoms with Gasteiger partial charge in [0.1, 0.15) is 6.04 Å². The lowest BCUT2D eigenvalue weighted by atomic mass is 10.0. The predicted molar refractivity (Wildman–Crippen MR) is 108 cm³/mol. The third-order valence-electron chi connectivity index (χ3n) is 6.19. The fourth-order valence-corrected chi connectivity index (χ4v) is 4.47. The maximum absolute atomic E-state index is 13.5. The van der Waals surface area contributed by atoms with Crippen molar-refractivity contribution in [3.63, 3.8) is 0 Å². The first-order valence-electron chi connectivity index (χ1n) is 10.6. The second kappa shape index (κ2) is 9.37. The number of piperazine rings is 1. The fourth-order valence-electron chi connectivity index (χ4n) is 4.47. The van der Waals surface area contributed by atoms with Gasteiger partial charge in [0.05, 0.1) is 6.04 Å². The summed E-state index contributed by atoms with van der Waals surface area (Å²) < 4.78 is 27.0. The van der Waals surface area contributed by atoms with E-state index in [0.29, 0.717) is 51.3 Å². The lowest BCUT2D eigenvalue weighted by Gasteiger charge is -2.34. The standard InChI is InChI=1S/C21H27F2N5O3/c22-19(23)17(27-7-5-24-6-8-27)11-25-10-13-1-2-14-12-28(21(31)15(14)9-13)16-3-4-18(29)26-20(16)30/h1-2,9,16-17,19,24-25H,3-8,10-12H2,(H,26,29,30). The molecule has 3 aliphatic heterocycles. The molecule has 1 aromatic rings. The Morgan fingerprint density at radius 3 is 2.65 bits per heavy atom. The van der Waals surface area contributed by atoms with Gasteiger partial charge < -0.3 is 15.5 Å². The Hall–Kier alpha value is -2.43. The lowest BCUT2D eigenvalue weighted by Crippen LogP contribution is -2.54. The molecule has 3 amide bonds. The Morgan fingerprint density at radius 2 is 1.94 bits per heavy atom. The first-order chi connectivity index (χ1) is 14.9. The van der Waals surface area contributed by atoms with Crippen LogP contribution in [0.5, 0.6) is 0 Å². The van der Waals surface area contributed by atoms with Crippen molar-refractivity contribution >= 4 is 17.7 Å². The number of nitrogens with zero attached hydrogens (tertiary/aromatic N) is 2. The molecule has 0 bridgehead atoms. The summed E-state index contributed by atoms with van der Waals surface area (Å²) in [7, 11) is 0. The number of alkyl halides is 2. The lowest BCUT2D eigenvalue weighted by molar-refractivity contribution is -0.136. The molecule has 2 saturated heterocycles. The van der Waals surface area contributed by atoms with Gasteiger partial charge in [0.25, 0.3) is 12.3 Å². The van der Waals surface area contributed by atoms with E-state index in [2.05, 4.69) is 16.0 Å². The molecule has 10 heteroatoms. The number of halogens is 2. The highest BCUT2D eigenvalue weighted by Crippen LogP contribution is 2.28. The van der Waals surface area contributed by atoms with E-state index in [-0.39, 0.29) is 24.8 Å². The van der Waals surface area contributed by atoms with Crippen LogP contribution in [0.4, 0.5) is 8.78 Å². The van der Waals surface area contributed by atoms with Crippen LogP contribution in [0.2, 0.25) is 0 Å². The molecule has 0 aromatic heterocycles. The Kier molecular flexibility index (Phi) is 6.59. The summed E-state index contributed by atoms with van der Waals surface area (Å²) in [5.41, 5.74) is 2.17. The second-order valence-electron chi connectivity index (χ2n) is 8.21. The number of nitrogens with one attached hydrogen (secondary N) is 3. The van der Waals surface area contributed by atoms with Crippen LogP contribution in [0.25, 0.3) is 0 Å². The van der Waals surface area contributed by atoms with Crippen LogP contribution >= 0.6 is 0 Å². The van der Waals surface area contributed by atoms with Gasteiger partial charge in [-0.3, -0.25) is 24.6 Å². The van der Waals surface area contributed by atoms with E-state index in [1.807, 2.05) is 12.1 Å². The number of imide groups is 1. The van der Waals surface area contributed by atoms with Crippen LogP contribution in [0, 0.1) is 0 Å². The van der Waals surface area contributed by atoms with Crippen LogP contribution in [-0.4, -0.2) is 78.8 Å². The zero-order chi connectivity index (χ0) is 22.0. The highest BCUT2D eigenvalue weighted by atomic mass is 19.3. The smallest absolute Gasteiger partial charge is 0.255 e. The van der Waals surface area contributed by atoms with Gasteiger partial charge in [0.2, 0.25) is 11.8 Å². The molecule has 2 atom stereocenters. The highest BCUT2D eigenvalue weighted by molar-refractivity contribution is 6.05. The highest BCUT2D eigenvalue weighted by Gasteiger charge is 2.39. The number of carbonyl (C=O) groups is 3. The second-order valence-corrected chi connectivity index (χ2v) is 8.21. The number of hydrogen-bond donors (Lipinski definition) is 3. The average Bonchev–Trinajstić information content (AvgIpc) is 3.07. The van der Waals surface area contributed by atoms with Crippen molar-refractivity contribution in [2.45, 2.75) is 44.4 Å². The summed E-state index contributed by atoms with van der Waals surface area (Å²) in [5, 5.41) is 8.56.